The third-order valence-electron chi connectivity index (χ3n) is 6.55. The van der Waals surface area contributed by atoms with Crippen molar-refractivity contribution in [2.45, 2.75) is 13.0 Å². The van der Waals surface area contributed by atoms with E-state index in [1.807, 2.05) is 0 Å². The third-order valence-corrected chi connectivity index (χ3v) is 6.55. The molecule has 0 saturated carbocycles. The molecule has 2 aromatic carbocycles. The second-order valence-corrected chi connectivity index (χ2v) is 9.09. The van der Waals surface area contributed by atoms with Gasteiger partial charge in [-0.15, -0.1) is 0 Å². The van der Waals surface area contributed by atoms with Gasteiger partial charge in [0.15, 0.2) is 11.6 Å². The normalized spacial score (nSPS) is 13.4. The number of methoxy groups -OCH3 is 1. The number of nitrogens with zero attached hydrogens (tertiary/aromatic N) is 5. The van der Waals surface area contributed by atoms with Crippen LogP contribution in [0.15, 0.2) is 73.2 Å². The Kier molecular flexibility index (Phi) is 6.22. The Morgan fingerprint density at radius 2 is 1.73 bits per heavy atom. The highest BCUT2D eigenvalue weighted by atomic mass is 19.1. The van der Waals surface area contributed by atoms with Crippen LogP contribution >= 0.6 is 0 Å². The Morgan fingerprint density at radius 3 is 2.39 bits per heavy atom. The SMILES string of the molecule is COC(=O)c1cc(F)c2nc(N3C(=O)c4ccccc4C3=O)c(OC(C)c3ncc(F)cc3-n3cccn3)cc2c1. The molecule has 1 atom stereocenters. The zero-order valence-electron chi connectivity index (χ0n) is 21.5. The minimum Gasteiger partial charge on any atom is -0.480 e. The van der Waals surface area contributed by atoms with Gasteiger partial charge in [-0.1, -0.05) is 12.1 Å². The summed E-state index contributed by atoms with van der Waals surface area (Å²) in [6.07, 6.45) is 3.23. The van der Waals surface area contributed by atoms with Gasteiger partial charge in [0.25, 0.3) is 11.8 Å². The summed E-state index contributed by atoms with van der Waals surface area (Å²) in [4.78, 5) is 48.2. The summed E-state index contributed by atoms with van der Waals surface area (Å²) in [5.41, 5.74) is 0.590. The van der Waals surface area contributed by atoms with E-state index < -0.39 is 35.5 Å². The molecule has 5 aromatic rings. The highest BCUT2D eigenvalue weighted by Crippen LogP contribution is 2.39. The fraction of sp³-hybridized carbons (Fsp3) is 0.103. The fourth-order valence-electron chi connectivity index (χ4n) is 4.67. The monoisotopic (exact) mass is 555 g/mol. The maximum absolute atomic E-state index is 15.2. The van der Waals surface area contributed by atoms with Crippen LogP contribution in [0.1, 0.15) is 49.8 Å². The number of halogens is 2. The zero-order chi connectivity index (χ0) is 28.8. The minimum absolute atomic E-state index is 0.0760. The average molecular weight is 555 g/mol. The lowest BCUT2D eigenvalue weighted by Gasteiger charge is -2.22. The average Bonchev–Trinajstić information content (AvgIpc) is 3.59. The number of carbonyl (C=O) groups excluding carboxylic acids is 3. The number of amides is 2. The van der Waals surface area contributed by atoms with E-state index in [2.05, 4.69) is 15.1 Å². The summed E-state index contributed by atoms with van der Waals surface area (Å²) in [6, 6.07) is 12.8. The molecule has 0 spiro atoms. The maximum atomic E-state index is 15.2. The molecule has 1 unspecified atom stereocenters. The van der Waals surface area contributed by atoms with Gasteiger partial charge in [0.2, 0.25) is 0 Å². The molecule has 0 radical (unpaired) electrons. The number of fused-ring (bicyclic) bond motifs is 2. The van der Waals surface area contributed by atoms with Crippen molar-refractivity contribution in [3.05, 3.63) is 107 Å². The number of aromatic nitrogens is 4. The molecule has 6 rings (SSSR count). The van der Waals surface area contributed by atoms with Gasteiger partial charge in [0, 0.05) is 23.8 Å². The molecule has 0 N–H and O–H groups in total. The van der Waals surface area contributed by atoms with Crippen LogP contribution in [0.3, 0.4) is 0 Å². The lowest BCUT2D eigenvalue weighted by Crippen LogP contribution is -2.31. The first-order chi connectivity index (χ1) is 19.8. The smallest absolute Gasteiger partial charge is 0.337 e. The second kappa shape index (κ2) is 9.90. The quantitative estimate of drug-likeness (QED) is 0.216. The number of pyridine rings is 2. The molecule has 0 saturated heterocycles. The van der Waals surface area contributed by atoms with E-state index in [0.717, 1.165) is 24.3 Å². The first-order valence-corrected chi connectivity index (χ1v) is 12.3. The van der Waals surface area contributed by atoms with Crippen LogP contribution < -0.4 is 9.64 Å². The van der Waals surface area contributed by atoms with Crippen molar-refractivity contribution in [3.63, 3.8) is 0 Å². The molecule has 1 aliphatic rings. The molecule has 1 aliphatic heterocycles. The van der Waals surface area contributed by atoms with Gasteiger partial charge in [-0.3, -0.25) is 14.6 Å². The molecule has 10 nitrogen and oxygen atoms in total. The molecule has 41 heavy (non-hydrogen) atoms. The Balaban J connectivity index is 1.51. The molecule has 3 aromatic heterocycles. The summed E-state index contributed by atoms with van der Waals surface area (Å²) >= 11 is 0. The standard InChI is InChI=1S/C29H19F2N5O5/c1-15(24-22(13-18(30)14-32-24)35-9-5-8-33-35)41-23-12-16-10-17(29(39)40-2)11-21(31)25(16)34-26(23)36-27(37)19-6-3-4-7-20(19)28(36)38/h3-15H,1-2H3. The number of hydrogen-bond donors (Lipinski definition) is 0. The van der Waals surface area contributed by atoms with Gasteiger partial charge in [-0.05, 0) is 43.3 Å². The van der Waals surface area contributed by atoms with E-state index >= 15 is 4.39 Å². The molecule has 2 amide bonds. The lowest BCUT2D eigenvalue weighted by atomic mass is 10.1. The van der Waals surface area contributed by atoms with Gasteiger partial charge >= 0.3 is 5.97 Å². The summed E-state index contributed by atoms with van der Waals surface area (Å²) in [7, 11) is 1.16. The van der Waals surface area contributed by atoms with Gasteiger partial charge in [-0.25, -0.2) is 28.1 Å². The number of benzene rings is 2. The molecule has 204 valence electrons. The van der Waals surface area contributed by atoms with E-state index in [9.17, 15) is 18.8 Å². The van der Waals surface area contributed by atoms with Crippen molar-refractivity contribution in [1.82, 2.24) is 19.7 Å². The van der Waals surface area contributed by atoms with E-state index in [0.29, 0.717) is 0 Å². The Bertz CT molecular complexity index is 1840. The van der Waals surface area contributed by atoms with Crippen molar-refractivity contribution in [1.29, 1.82) is 0 Å². The second-order valence-electron chi connectivity index (χ2n) is 9.09. The summed E-state index contributed by atoms with van der Waals surface area (Å²) in [5, 5.41) is 4.29. The fourth-order valence-corrected chi connectivity index (χ4v) is 4.67. The van der Waals surface area contributed by atoms with Crippen LogP contribution in [0, 0.1) is 11.6 Å². The van der Waals surface area contributed by atoms with Crippen molar-refractivity contribution in [3.8, 4) is 11.4 Å². The molecule has 0 bridgehead atoms. The summed E-state index contributed by atoms with van der Waals surface area (Å²) in [6.45, 7) is 1.62. The van der Waals surface area contributed by atoms with E-state index in [4.69, 9.17) is 9.47 Å². The van der Waals surface area contributed by atoms with Crippen LogP contribution in [0.5, 0.6) is 5.75 Å². The van der Waals surface area contributed by atoms with Crippen LogP contribution in [0.4, 0.5) is 14.6 Å². The molecular formula is C29H19F2N5O5. The number of anilines is 1. The minimum atomic E-state index is -0.906. The highest BCUT2D eigenvalue weighted by molar-refractivity contribution is 6.34. The van der Waals surface area contributed by atoms with Crippen LogP contribution in [0.25, 0.3) is 16.6 Å². The van der Waals surface area contributed by atoms with Crippen LogP contribution in [-0.2, 0) is 4.74 Å². The van der Waals surface area contributed by atoms with Crippen molar-refractivity contribution in [2.75, 3.05) is 12.0 Å². The molecule has 0 fully saturated rings. The first-order valence-electron chi connectivity index (χ1n) is 12.3. The molecule has 4 heterocycles. The van der Waals surface area contributed by atoms with Gasteiger partial charge in [-0.2, -0.15) is 5.10 Å². The summed E-state index contributed by atoms with van der Waals surface area (Å²) in [5.74, 6) is -3.93. The highest BCUT2D eigenvalue weighted by Gasteiger charge is 2.39. The van der Waals surface area contributed by atoms with Gasteiger partial charge < -0.3 is 9.47 Å². The Morgan fingerprint density at radius 1 is 1.00 bits per heavy atom. The number of imide groups is 1. The number of carbonyl (C=O) groups is 3. The Labute approximate surface area is 230 Å². The topological polar surface area (TPSA) is 117 Å². The van der Waals surface area contributed by atoms with E-state index in [1.54, 1.807) is 31.3 Å². The lowest BCUT2D eigenvalue weighted by molar-refractivity contribution is 0.0600. The van der Waals surface area contributed by atoms with Gasteiger partial charge in [0.1, 0.15) is 28.9 Å². The predicted octanol–water partition coefficient (Wildman–Crippen LogP) is 4.82. The van der Waals surface area contributed by atoms with Crippen molar-refractivity contribution in [2.24, 2.45) is 0 Å². The Hall–Kier alpha value is -5.52. The molecular weight excluding hydrogens is 536 g/mol. The van der Waals surface area contributed by atoms with E-state index in [-0.39, 0.29) is 50.5 Å². The van der Waals surface area contributed by atoms with Crippen LogP contribution in [-0.4, -0.2) is 44.6 Å². The summed E-state index contributed by atoms with van der Waals surface area (Å²) < 4.78 is 41.7. The van der Waals surface area contributed by atoms with Crippen molar-refractivity contribution >= 4 is 34.5 Å². The number of ether oxygens (including phenoxy) is 2. The zero-order valence-corrected chi connectivity index (χ0v) is 21.5. The van der Waals surface area contributed by atoms with Gasteiger partial charge in [0.05, 0.1) is 35.7 Å². The third kappa shape index (κ3) is 4.35. The number of esters is 1. The van der Waals surface area contributed by atoms with E-state index in [1.165, 1.54) is 41.2 Å². The largest absolute Gasteiger partial charge is 0.480 e. The first kappa shape index (κ1) is 25.7. The molecule has 0 aliphatic carbocycles. The number of rotatable bonds is 6. The number of hydrogen-bond acceptors (Lipinski definition) is 8. The maximum Gasteiger partial charge on any atom is 0.337 e. The van der Waals surface area contributed by atoms with Crippen LogP contribution in [0.2, 0.25) is 0 Å². The predicted molar refractivity (Wildman–Crippen MR) is 141 cm³/mol. The van der Waals surface area contributed by atoms with Crippen molar-refractivity contribution < 1.29 is 32.6 Å². The molecule has 12 heteroatoms.